The van der Waals surface area contributed by atoms with Crippen molar-refractivity contribution in [3.8, 4) is 5.75 Å². The second-order valence-electron chi connectivity index (χ2n) is 4.18. The van der Waals surface area contributed by atoms with Crippen LogP contribution in [0.1, 0.15) is 11.1 Å². The van der Waals surface area contributed by atoms with E-state index in [-0.39, 0.29) is 5.82 Å². The molecule has 0 spiro atoms. The number of carbonyl (C=O) groups excluding carboxylic acids is 1. The molecule has 0 aliphatic carbocycles. The number of hydrazone groups is 1. The third-order valence-corrected chi connectivity index (χ3v) is 2.64. The van der Waals surface area contributed by atoms with Gasteiger partial charge in [0, 0.05) is 5.56 Å². The highest BCUT2D eigenvalue weighted by Crippen LogP contribution is 2.15. The third kappa shape index (κ3) is 4.61. The van der Waals surface area contributed by atoms with E-state index in [0.717, 1.165) is 11.1 Å². The van der Waals surface area contributed by atoms with Gasteiger partial charge in [-0.3, -0.25) is 0 Å². The summed E-state index contributed by atoms with van der Waals surface area (Å²) in [6.45, 7) is 0.296. The largest absolute Gasteiger partial charge is 0.489 e. The lowest BCUT2D eigenvalue weighted by Crippen LogP contribution is -2.24. The Morgan fingerprint density at radius 2 is 1.95 bits per heavy atom. The summed E-state index contributed by atoms with van der Waals surface area (Å²) >= 11 is 0. The second-order valence-corrected chi connectivity index (χ2v) is 4.18. The lowest BCUT2D eigenvalue weighted by atomic mass is 10.1. The minimum Gasteiger partial charge on any atom is -0.489 e. The second kappa shape index (κ2) is 7.04. The number of urea groups is 1. The standard InChI is InChI=1S/C15H14FN3O2/c16-13-5-7-14(8-6-13)21-10-12-4-2-1-3-11(12)9-18-19-15(17)20/h1-9H,10H2,(H3,17,19,20). The summed E-state index contributed by atoms with van der Waals surface area (Å²) in [6.07, 6.45) is 1.48. The first-order valence-corrected chi connectivity index (χ1v) is 6.20. The fourth-order valence-electron chi connectivity index (χ4n) is 1.65. The third-order valence-electron chi connectivity index (χ3n) is 2.64. The molecular weight excluding hydrogens is 273 g/mol. The van der Waals surface area contributed by atoms with Crippen LogP contribution >= 0.6 is 0 Å². The molecular formula is C15H14FN3O2. The SMILES string of the molecule is NC(=O)NN=Cc1ccccc1COc1ccc(F)cc1. The number of hydrogen-bond acceptors (Lipinski definition) is 3. The summed E-state index contributed by atoms with van der Waals surface area (Å²) in [5.41, 5.74) is 8.71. The average molecular weight is 287 g/mol. The lowest BCUT2D eigenvalue weighted by molar-refractivity contribution is 0.249. The summed E-state index contributed by atoms with van der Waals surface area (Å²) in [5.74, 6) is 0.255. The molecule has 0 aromatic heterocycles. The minimum atomic E-state index is -0.730. The van der Waals surface area contributed by atoms with Crippen LogP contribution in [0.15, 0.2) is 53.6 Å². The fraction of sp³-hybridized carbons (Fsp3) is 0.0667. The predicted octanol–water partition coefficient (Wildman–Crippen LogP) is 2.41. The Hall–Kier alpha value is -2.89. The van der Waals surface area contributed by atoms with Gasteiger partial charge in [0.2, 0.25) is 0 Å². The van der Waals surface area contributed by atoms with Gasteiger partial charge in [0.05, 0.1) is 6.21 Å². The topological polar surface area (TPSA) is 76.7 Å². The van der Waals surface area contributed by atoms with E-state index >= 15 is 0 Å². The normalized spacial score (nSPS) is 10.5. The highest BCUT2D eigenvalue weighted by Gasteiger charge is 2.01. The van der Waals surface area contributed by atoms with Gasteiger partial charge in [-0.1, -0.05) is 24.3 Å². The van der Waals surface area contributed by atoms with Crippen molar-refractivity contribution >= 4 is 12.2 Å². The maximum Gasteiger partial charge on any atom is 0.332 e. The van der Waals surface area contributed by atoms with E-state index in [1.807, 2.05) is 24.3 Å². The molecule has 0 bridgehead atoms. The van der Waals surface area contributed by atoms with E-state index in [9.17, 15) is 9.18 Å². The van der Waals surface area contributed by atoms with Crippen molar-refractivity contribution in [3.63, 3.8) is 0 Å². The molecule has 0 radical (unpaired) electrons. The van der Waals surface area contributed by atoms with Crippen molar-refractivity contribution in [2.75, 3.05) is 0 Å². The van der Waals surface area contributed by atoms with Crippen molar-refractivity contribution in [1.29, 1.82) is 0 Å². The molecule has 2 aromatic rings. The molecule has 2 rings (SSSR count). The Morgan fingerprint density at radius 1 is 1.24 bits per heavy atom. The van der Waals surface area contributed by atoms with Crippen molar-refractivity contribution in [2.45, 2.75) is 6.61 Å². The van der Waals surface area contributed by atoms with Gasteiger partial charge in [0.1, 0.15) is 18.2 Å². The van der Waals surface area contributed by atoms with E-state index in [1.54, 1.807) is 12.1 Å². The Bertz CT molecular complexity index is 642. The molecule has 0 aliphatic heterocycles. The minimum absolute atomic E-state index is 0.296. The highest BCUT2D eigenvalue weighted by molar-refractivity contribution is 5.83. The number of ether oxygens (including phenoxy) is 1. The molecule has 0 saturated carbocycles. The number of benzene rings is 2. The van der Waals surface area contributed by atoms with Crippen LogP contribution in [0.4, 0.5) is 9.18 Å². The smallest absolute Gasteiger partial charge is 0.332 e. The number of halogens is 1. The van der Waals surface area contributed by atoms with Gasteiger partial charge >= 0.3 is 6.03 Å². The van der Waals surface area contributed by atoms with Crippen molar-refractivity contribution in [2.24, 2.45) is 10.8 Å². The zero-order valence-corrected chi connectivity index (χ0v) is 11.1. The lowest BCUT2D eigenvalue weighted by Gasteiger charge is -2.08. The Kier molecular flexibility index (Phi) is 4.87. The number of carbonyl (C=O) groups is 1. The quantitative estimate of drug-likeness (QED) is 0.654. The average Bonchev–Trinajstić information content (AvgIpc) is 2.47. The summed E-state index contributed by atoms with van der Waals surface area (Å²) in [7, 11) is 0. The first kappa shape index (κ1) is 14.5. The van der Waals surface area contributed by atoms with Crippen molar-refractivity contribution in [3.05, 3.63) is 65.5 Å². The number of primary amides is 1. The van der Waals surface area contributed by atoms with E-state index in [1.165, 1.54) is 18.3 Å². The number of nitrogens with one attached hydrogen (secondary N) is 1. The van der Waals surface area contributed by atoms with E-state index in [4.69, 9.17) is 10.5 Å². The molecule has 5 nitrogen and oxygen atoms in total. The van der Waals surface area contributed by atoms with Crippen LogP contribution in [-0.2, 0) is 6.61 Å². The number of hydrogen-bond donors (Lipinski definition) is 2. The zero-order chi connectivity index (χ0) is 15.1. The van der Waals surface area contributed by atoms with Crippen LogP contribution in [0.5, 0.6) is 5.75 Å². The fourth-order valence-corrected chi connectivity index (χ4v) is 1.65. The molecule has 2 aromatic carbocycles. The Balaban J connectivity index is 2.04. The number of amides is 2. The first-order chi connectivity index (χ1) is 10.1. The summed E-state index contributed by atoms with van der Waals surface area (Å²) < 4.78 is 18.4. The van der Waals surface area contributed by atoms with Crippen LogP contribution in [0.2, 0.25) is 0 Å². The summed E-state index contributed by atoms with van der Waals surface area (Å²) in [5, 5.41) is 3.71. The molecule has 2 amide bonds. The molecule has 108 valence electrons. The first-order valence-electron chi connectivity index (χ1n) is 6.20. The number of nitrogens with two attached hydrogens (primary N) is 1. The highest BCUT2D eigenvalue weighted by atomic mass is 19.1. The Morgan fingerprint density at radius 3 is 2.67 bits per heavy atom. The maximum absolute atomic E-state index is 12.8. The van der Waals surface area contributed by atoms with Crippen LogP contribution < -0.4 is 15.9 Å². The predicted molar refractivity (Wildman–Crippen MR) is 77.5 cm³/mol. The maximum atomic E-state index is 12.8. The molecule has 6 heteroatoms. The van der Waals surface area contributed by atoms with Gasteiger partial charge in [-0.15, -0.1) is 0 Å². The Labute approximate surface area is 121 Å². The van der Waals surface area contributed by atoms with E-state index in [0.29, 0.717) is 12.4 Å². The van der Waals surface area contributed by atoms with Gasteiger partial charge in [0.15, 0.2) is 0 Å². The van der Waals surface area contributed by atoms with Gasteiger partial charge in [-0.25, -0.2) is 14.6 Å². The molecule has 0 aliphatic rings. The molecule has 0 heterocycles. The van der Waals surface area contributed by atoms with Crippen LogP contribution in [0.25, 0.3) is 0 Å². The van der Waals surface area contributed by atoms with Crippen LogP contribution in [0.3, 0.4) is 0 Å². The molecule has 21 heavy (non-hydrogen) atoms. The monoisotopic (exact) mass is 287 g/mol. The molecule has 0 fully saturated rings. The van der Waals surface area contributed by atoms with Gasteiger partial charge < -0.3 is 10.5 Å². The van der Waals surface area contributed by atoms with Gasteiger partial charge in [-0.05, 0) is 29.8 Å². The number of nitrogens with zero attached hydrogens (tertiary/aromatic N) is 1. The molecule has 0 unspecified atom stereocenters. The van der Waals surface area contributed by atoms with Gasteiger partial charge in [0.25, 0.3) is 0 Å². The van der Waals surface area contributed by atoms with E-state index in [2.05, 4.69) is 10.5 Å². The summed E-state index contributed by atoms with van der Waals surface area (Å²) in [6, 6.07) is 12.5. The molecule has 3 N–H and O–H groups in total. The zero-order valence-electron chi connectivity index (χ0n) is 11.1. The van der Waals surface area contributed by atoms with E-state index < -0.39 is 6.03 Å². The van der Waals surface area contributed by atoms with Crippen LogP contribution in [0, 0.1) is 5.82 Å². The van der Waals surface area contributed by atoms with Crippen molar-refractivity contribution in [1.82, 2.24) is 5.43 Å². The van der Waals surface area contributed by atoms with Crippen molar-refractivity contribution < 1.29 is 13.9 Å². The van der Waals surface area contributed by atoms with Gasteiger partial charge in [-0.2, -0.15) is 5.10 Å². The van der Waals surface area contributed by atoms with Crippen LogP contribution in [-0.4, -0.2) is 12.2 Å². The molecule has 0 atom stereocenters. The molecule has 0 saturated heterocycles. The number of rotatable bonds is 5. The summed E-state index contributed by atoms with van der Waals surface area (Å²) in [4.78, 5) is 10.6.